The lowest BCUT2D eigenvalue weighted by Crippen LogP contribution is -2.13. The van der Waals surface area contributed by atoms with Crippen molar-refractivity contribution in [3.63, 3.8) is 0 Å². The van der Waals surface area contributed by atoms with Crippen LogP contribution < -0.4 is 4.72 Å². The second-order valence-corrected chi connectivity index (χ2v) is 10.9. The summed E-state index contributed by atoms with van der Waals surface area (Å²) in [5, 5.41) is 10.8. The first-order valence-corrected chi connectivity index (χ1v) is 12.9. The number of carbonyl (C=O) groups is 1. The molecule has 1 heterocycles. The van der Waals surface area contributed by atoms with Gasteiger partial charge in [0.05, 0.1) is 30.3 Å². The van der Waals surface area contributed by atoms with Crippen LogP contribution in [0.4, 0.5) is 5.69 Å². The van der Waals surface area contributed by atoms with Crippen molar-refractivity contribution in [2.75, 3.05) is 11.8 Å². The summed E-state index contributed by atoms with van der Waals surface area (Å²) >= 11 is 6.05. The summed E-state index contributed by atoms with van der Waals surface area (Å²) in [6, 6.07) is 9.20. The summed E-state index contributed by atoms with van der Waals surface area (Å²) in [5.41, 5.74) is 4.34. The van der Waals surface area contributed by atoms with E-state index in [0.29, 0.717) is 27.4 Å². The van der Waals surface area contributed by atoms with Gasteiger partial charge in [-0.05, 0) is 75.1 Å². The highest BCUT2D eigenvalue weighted by atomic mass is 35.5. The van der Waals surface area contributed by atoms with Gasteiger partial charge < -0.3 is 14.8 Å². The Morgan fingerprint density at radius 1 is 1.19 bits per heavy atom. The Kier molecular flexibility index (Phi) is 11.0. The number of sulfonamides is 1. The Morgan fingerprint density at radius 3 is 2.19 bits per heavy atom. The molecule has 0 spiro atoms. The Balaban J connectivity index is 0.000000826. The van der Waals surface area contributed by atoms with Gasteiger partial charge in [0.15, 0.2) is 0 Å². The molecule has 0 saturated heterocycles. The molecule has 0 saturated carbocycles. The van der Waals surface area contributed by atoms with Crippen LogP contribution in [0.25, 0.3) is 22.0 Å². The summed E-state index contributed by atoms with van der Waals surface area (Å²) < 4.78 is 31.8. The first-order valence-electron chi connectivity index (χ1n) is 11.0. The molecule has 3 aromatic rings. The number of fused-ring (bicyclic) bond motifs is 1. The summed E-state index contributed by atoms with van der Waals surface area (Å²) in [5.74, 6) is -0.424. The quantitative estimate of drug-likeness (QED) is 0.254. The van der Waals surface area contributed by atoms with Crippen molar-refractivity contribution >= 4 is 44.2 Å². The number of nitrogens with one attached hydrogen (secondary N) is 2. The van der Waals surface area contributed by atoms with E-state index in [0.717, 1.165) is 27.6 Å². The van der Waals surface area contributed by atoms with Crippen LogP contribution in [0.15, 0.2) is 55.5 Å². The van der Waals surface area contributed by atoms with E-state index in [1.165, 1.54) is 7.11 Å². The molecule has 3 rings (SSSR count). The van der Waals surface area contributed by atoms with Gasteiger partial charge in [-0.15, -0.1) is 13.2 Å². The number of hydrogen-bond donors (Lipinski definition) is 3. The van der Waals surface area contributed by atoms with E-state index in [1.54, 1.807) is 39.8 Å². The molecule has 0 aliphatic heterocycles. The average Bonchev–Trinajstić information content (AvgIpc) is 3.18. The number of aliphatic hydroxyl groups is 1. The molecular weight excluding hydrogens is 500 g/mol. The highest BCUT2D eigenvalue weighted by molar-refractivity contribution is 7.95. The number of anilines is 1. The molecule has 0 aliphatic carbocycles. The molecular formula is C27H35ClN2O5S. The lowest BCUT2D eigenvalue weighted by Gasteiger charge is -2.19. The van der Waals surface area contributed by atoms with Crippen LogP contribution in [0.1, 0.15) is 37.6 Å². The second-order valence-electron chi connectivity index (χ2n) is 8.84. The van der Waals surface area contributed by atoms with E-state index in [-0.39, 0.29) is 6.42 Å². The van der Waals surface area contributed by atoms with Crippen molar-refractivity contribution < 1.29 is 23.1 Å². The lowest BCUT2D eigenvalue weighted by atomic mass is 9.89. The number of methoxy groups -OCH3 is 1. The van der Waals surface area contributed by atoms with Crippen LogP contribution in [0.3, 0.4) is 0 Å². The maximum Gasteiger partial charge on any atom is 0.310 e. The third kappa shape index (κ3) is 8.55. The maximum absolute atomic E-state index is 12.2. The predicted molar refractivity (Wildman–Crippen MR) is 150 cm³/mol. The van der Waals surface area contributed by atoms with Crippen molar-refractivity contribution in [2.24, 2.45) is 0 Å². The lowest BCUT2D eigenvalue weighted by molar-refractivity contribution is -0.139. The van der Waals surface area contributed by atoms with Gasteiger partial charge in [0.2, 0.25) is 0 Å². The predicted octanol–water partition coefficient (Wildman–Crippen LogP) is 6.29. The SMILES string of the molecule is C=C.C=CS(=O)(=O)Nc1c(C)c(CC(=O)OC)c(-c2ccc(Cl)cc2)c2cc(C)[nH]c12.CC(C)(C)O. The third-order valence-electron chi connectivity index (χ3n) is 4.75. The third-order valence-corrected chi connectivity index (χ3v) is 5.93. The molecule has 0 aliphatic rings. The van der Waals surface area contributed by atoms with Crippen LogP contribution in [-0.2, 0) is 26.0 Å². The highest BCUT2D eigenvalue weighted by Gasteiger charge is 2.23. The fourth-order valence-electron chi connectivity index (χ4n) is 3.37. The zero-order valence-electron chi connectivity index (χ0n) is 21.7. The monoisotopic (exact) mass is 534 g/mol. The number of esters is 1. The normalized spacial score (nSPS) is 11.0. The van der Waals surface area contributed by atoms with Gasteiger partial charge in [0, 0.05) is 21.5 Å². The van der Waals surface area contributed by atoms with Crippen molar-refractivity contribution in [3.05, 3.63) is 77.3 Å². The number of rotatable bonds is 6. The minimum atomic E-state index is -3.75. The largest absolute Gasteiger partial charge is 0.469 e. The molecule has 0 amide bonds. The minimum absolute atomic E-state index is 0.0106. The van der Waals surface area contributed by atoms with Crippen LogP contribution in [0.2, 0.25) is 5.02 Å². The van der Waals surface area contributed by atoms with Gasteiger partial charge >= 0.3 is 5.97 Å². The number of aryl methyl sites for hydroxylation is 1. The van der Waals surface area contributed by atoms with Crippen molar-refractivity contribution in [1.29, 1.82) is 0 Å². The molecule has 0 atom stereocenters. The minimum Gasteiger partial charge on any atom is -0.469 e. The molecule has 196 valence electrons. The van der Waals surface area contributed by atoms with E-state index in [9.17, 15) is 13.2 Å². The molecule has 0 fully saturated rings. The smallest absolute Gasteiger partial charge is 0.310 e. The second kappa shape index (κ2) is 12.8. The van der Waals surface area contributed by atoms with Gasteiger partial charge in [-0.2, -0.15) is 0 Å². The van der Waals surface area contributed by atoms with E-state index < -0.39 is 21.6 Å². The van der Waals surface area contributed by atoms with Crippen molar-refractivity contribution in [3.8, 4) is 11.1 Å². The molecule has 0 bridgehead atoms. The van der Waals surface area contributed by atoms with E-state index in [2.05, 4.69) is 29.4 Å². The maximum atomic E-state index is 12.2. The molecule has 1 aromatic heterocycles. The molecule has 7 nitrogen and oxygen atoms in total. The summed E-state index contributed by atoms with van der Waals surface area (Å²) in [7, 11) is -2.43. The summed E-state index contributed by atoms with van der Waals surface area (Å²) in [4.78, 5) is 15.4. The zero-order chi connectivity index (χ0) is 27.8. The van der Waals surface area contributed by atoms with Crippen LogP contribution in [-0.4, -0.2) is 37.2 Å². The molecule has 36 heavy (non-hydrogen) atoms. The van der Waals surface area contributed by atoms with Gasteiger partial charge in [-0.25, -0.2) is 8.42 Å². The topological polar surface area (TPSA) is 108 Å². The highest BCUT2D eigenvalue weighted by Crippen LogP contribution is 2.41. The zero-order valence-corrected chi connectivity index (χ0v) is 23.2. The van der Waals surface area contributed by atoms with E-state index in [1.807, 2.05) is 25.1 Å². The summed E-state index contributed by atoms with van der Waals surface area (Å²) in [6.45, 7) is 18.2. The average molecular weight is 535 g/mol. The Labute approximate surface area is 218 Å². The number of benzene rings is 2. The number of hydrogen-bond acceptors (Lipinski definition) is 5. The van der Waals surface area contributed by atoms with Crippen LogP contribution >= 0.6 is 11.6 Å². The van der Waals surface area contributed by atoms with Crippen molar-refractivity contribution in [2.45, 2.75) is 46.6 Å². The number of aromatic nitrogens is 1. The molecule has 3 N–H and O–H groups in total. The molecule has 0 unspecified atom stereocenters. The first-order chi connectivity index (χ1) is 16.7. The number of aromatic amines is 1. The van der Waals surface area contributed by atoms with Crippen molar-refractivity contribution in [1.82, 2.24) is 4.98 Å². The number of H-pyrrole nitrogens is 1. The van der Waals surface area contributed by atoms with Gasteiger partial charge in [0.25, 0.3) is 10.0 Å². The van der Waals surface area contributed by atoms with Gasteiger partial charge in [-0.3, -0.25) is 9.52 Å². The van der Waals surface area contributed by atoms with E-state index >= 15 is 0 Å². The van der Waals surface area contributed by atoms with Gasteiger partial charge in [-0.1, -0.05) is 30.3 Å². The number of ether oxygens (including phenoxy) is 1. The number of carbonyl (C=O) groups excluding carboxylic acids is 1. The van der Waals surface area contributed by atoms with Crippen LogP contribution in [0, 0.1) is 13.8 Å². The Hall–Kier alpha value is -3.07. The Bertz CT molecular complexity index is 1320. The standard InChI is InChI=1S/C21H21ClN2O4S.C4H10O.C2H4/c1-5-29(26,27)24-20-13(3)16(11-18(25)28-4)19(14-6-8-15(22)9-7-14)17-10-12(2)23-21(17)20;1-4(2,3)5;1-2/h5-10,23-24H,1,11H2,2-4H3;5H,1-3H3;1-2H2. The first kappa shape index (κ1) is 31.0. The van der Waals surface area contributed by atoms with E-state index in [4.69, 9.17) is 21.4 Å². The van der Waals surface area contributed by atoms with Gasteiger partial charge in [0.1, 0.15) is 0 Å². The molecule has 9 heteroatoms. The van der Waals surface area contributed by atoms with Crippen LogP contribution in [0.5, 0.6) is 0 Å². The Morgan fingerprint density at radius 2 is 1.72 bits per heavy atom. The fourth-order valence-corrected chi connectivity index (χ4v) is 4.12. The molecule has 0 radical (unpaired) electrons. The fraction of sp³-hybridized carbons (Fsp3) is 0.296. The molecule has 2 aromatic carbocycles. The number of halogens is 1. The summed E-state index contributed by atoms with van der Waals surface area (Å²) in [6.07, 6.45) is -0.0106.